The standard InChI is InChI=1S/C9H10N4S2/c10-5-8(7-1-3-11-4-2-7)15-9-13-12-6-14-9/h1-4,6,8H,5,10H2. The molecule has 0 aliphatic carbocycles. The average molecular weight is 238 g/mol. The van der Waals surface area contributed by atoms with Crippen LogP contribution in [0.4, 0.5) is 0 Å². The molecular weight excluding hydrogens is 228 g/mol. The molecular formula is C9H10N4S2. The summed E-state index contributed by atoms with van der Waals surface area (Å²) in [6.45, 7) is 0.578. The van der Waals surface area contributed by atoms with Crippen LogP contribution in [0.15, 0.2) is 34.4 Å². The lowest BCUT2D eigenvalue weighted by atomic mass is 10.2. The minimum Gasteiger partial charge on any atom is -0.329 e. The third-order valence-electron chi connectivity index (χ3n) is 1.88. The van der Waals surface area contributed by atoms with Crippen LogP contribution in [-0.4, -0.2) is 21.7 Å². The number of hydrogen-bond donors (Lipinski definition) is 1. The van der Waals surface area contributed by atoms with E-state index in [4.69, 9.17) is 5.73 Å². The van der Waals surface area contributed by atoms with Crippen LogP contribution < -0.4 is 5.73 Å². The Kier molecular flexibility index (Phi) is 3.65. The minimum absolute atomic E-state index is 0.223. The van der Waals surface area contributed by atoms with E-state index in [1.165, 1.54) is 16.9 Å². The van der Waals surface area contributed by atoms with Crippen LogP contribution in [0.2, 0.25) is 0 Å². The van der Waals surface area contributed by atoms with E-state index >= 15 is 0 Å². The molecule has 1 atom stereocenters. The van der Waals surface area contributed by atoms with Crippen LogP contribution >= 0.6 is 23.1 Å². The summed E-state index contributed by atoms with van der Waals surface area (Å²) >= 11 is 3.17. The molecule has 0 saturated carbocycles. The highest BCUT2D eigenvalue weighted by atomic mass is 32.2. The lowest BCUT2D eigenvalue weighted by Crippen LogP contribution is -2.09. The van der Waals surface area contributed by atoms with Crippen LogP contribution in [0, 0.1) is 0 Å². The van der Waals surface area contributed by atoms with Gasteiger partial charge >= 0.3 is 0 Å². The van der Waals surface area contributed by atoms with Crippen LogP contribution in [0.5, 0.6) is 0 Å². The summed E-state index contributed by atoms with van der Waals surface area (Å²) in [5.41, 5.74) is 8.64. The number of hydrogen-bond acceptors (Lipinski definition) is 6. The van der Waals surface area contributed by atoms with Gasteiger partial charge in [-0.1, -0.05) is 23.1 Å². The summed E-state index contributed by atoms with van der Waals surface area (Å²) in [4.78, 5) is 3.98. The summed E-state index contributed by atoms with van der Waals surface area (Å²) in [5, 5.41) is 8.01. The fraction of sp³-hybridized carbons (Fsp3) is 0.222. The Morgan fingerprint density at radius 2 is 2.20 bits per heavy atom. The van der Waals surface area contributed by atoms with Crippen molar-refractivity contribution in [1.82, 2.24) is 15.2 Å². The van der Waals surface area contributed by atoms with E-state index in [0.29, 0.717) is 6.54 Å². The molecule has 2 aromatic heterocycles. The quantitative estimate of drug-likeness (QED) is 0.822. The molecule has 0 aliphatic heterocycles. The molecule has 0 fully saturated rings. The second-order valence-electron chi connectivity index (χ2n) is 2.83. The van der Waals surface area contributed by atoms with Gasteiger partial charge in [-0.15, -0.1) is 10.2 Å². The summed E-state index contributed by atoms with van der Waals surface area (Å²) in [6, 6.07) is 3.96. The third kappa shape index (κ3) is 2.74. The van der Waals surface area contributed by atoms with Crippen molar-refractivity contribution in [3.63, 3.8) is 0 Å². The van der Waals surface area contributed by atoms with Crippen LogP contribution in [-0.2, 0) is 0 Å². The van der Waals surface area contributed by atoms with Gasteiger partial charge in [0.05, 0.1) is 0 Å². The fourth-order valence-corrected chi connectivity index (χ4v) is 2.87. The van der Waals surface area contributed by atoms with Gasteiger partial charge in [0.25, 0.3) is 0 Å². The third-order valence-corrected chi connectivity index (χ3v) is 3.97. The van der Waals surface area contributed by atoms with Crippen molar-refractivity contribution < 1.29 is 0 Å². The van der Waals surface area contributed by atoms with Crippen molar-refractivity contribution in [2.24, 2.45) is 5.73 Å². The Hall–Kier alpha value is -0.980. The van der Waals surface area contributed by atoms with Crippen LogP contribution in [0.25, 0.3) is 0 Å². The smallest absolute Gasteiger partial charge is 0.174 e. The lowest BCUT2D eigenvalue weighted by Gasteiger charge is -2.11. The summed E-state index contributed by atoms with van der Waals surface area (Å²) < 4.78 is 0.947. The Balaban J connectivity index is 2.12. The average Bonchev–Trinajstić information content (AvgIpc) is 2.80. The van der Waals surface area contributed by atoms with Gasteiger partial charge in [-0.05, 0) is 17.7 Å². The molecule has 0 bridgehead atoms. The zero-order valence-corrected chi connectivity index (χ0v) is 9.54. The molecule has 0 radical (unpaired) electrons. The predicted octanol–water partition coefficient (Wildman–Crippen LogP) is 1.73. The van der Waals surface area contributed by atoms with Gasteiger partial charge in [0.2, 0.25) is 0 Å². The Labute approximate surface area is 95.9 Å². The van der Waals surface area contributed by atoms with Crippen molar-refractivity contribution in [2.45, 2.75) is 9.59 Å². The largest absolute Gasteiger partial charge is 0.329 e. The maximum atomic E-state index is 5.74. The van der Waals surface area contributed by atoms with Gasteiger partial charge in [-0.2, -0.15) is 0 Å². The Bertz CT molecular complexity index is 390. The number of pyridine rings is 1. The molecule has 6 heteroatoms. The topological polar surface area (TPSA) is 64.7 Å². The molecule has 1 unspecified atom stereocenters. The van der Waals surface area contributed by atoms with Gasteiger partial charge in [-0.25, -0.2) is 0 Å². The molecule has 15 heavy (non-hydrogen) atoms. The van der Waals surface area contributed by atoms with Crippen molar-refractivity contribution in [3.8, 4) is 0 Å². The molecule has 2 N–H and O–H groups in total. The first kappa shape index (κ1) is 10.5. The normalized spacial score (nSPS) is 12.6. The summed E-state index contributed by atoms with van der Waals surface area (Å²) in [7, 11) is 0. The molecule has 2 heterocycles. The number of nitrogens with zero attached hydrogens (tertiary/aromatic N) is 3. The van der Waals surface area contributed by atoms with Crippen molar-refractivity contribution in [2.75, 3.05) is 6.54 Å². The second-order valence-corrected chi connectivity index (χ2v) is 5.11. The number of nitrogens with two attached hydrogens (primary N) is 1. The first-order valence-corrected chi connectivity index (χ1v) is 6.19. The molecule has 2 rings (SSSR count). The molecule has 0 aromatic carbocycles. The molecule has 2 aromatic rings. The van der Waals surface area contributed by atoms with Crippen molar-refractivity contribution in [3.05, 3.63) is 35.6 Å². The number of rotatable bonds is 4. The molecule has 78 valence electrons. The van der Waals surface area contributed by atoms with Crippen molar-refractivity contribution >= 4 is 23.1 Å². The zero-order valence-electron chi connectivity index (χ0n) is 7.91. The molecule has 0 aliphatic rings. The van der Waals surface area contributed by atoms with E-state index in [-0.39, 0.29) is 5.25 Å². The Morgan fingerprint density at radius 1 is 1.40 bits per heavy atom. The van der Waals surface area contributed by atoms with E-state index in [2.05, 4.69) is 15.2 Å². The lowest BCUT2D eigenvalue weighted by molar-refractivity contribution is 0.927. The molecule has 4 nitrogen and oxygen atoms in total. The summed E-state index contributed by atoms with van der Waals surface area (Å²) in [5.74, 6) is 0. The Morgan fingerprint density at radius 3 is 2.80 bits per heavy atom. The first-order valence-electron chi connectivity index (χ1n) is 4.43. The second kappa shape index (κ2) is 5.20. The molecule has 0 amide bonds. The van der Waals surface area contributed by atoms with Gasteiger partial charge in [0.15, 0.2) is 4.34 Å². The first-order chi connectivity index (χ1) is 7.40. The van der Waals surface area contributed by atoms with E-state index in [1.54, 1.807) is 29.7 Å². The van der Waals surface area contributed by atoms with Gasteiger partial charge in [0.1, 0.15) is 5.51 Å². The van der Waals surface area contributed by atoms with Crippen LogP contribution in [0.3, 0.4) is 0 Å². The van der Waals surface area contributed by atoms with Gasteiger partial charge in [-0.3, -0.25) is 4.98 Å². The van der Waals surface area contributed by atoms with Gasteiger partial charge < -0.3 is 5.73 Å². The maximum Gasteiger partial charge on any atom is 0.174 e. The highest BCUT2D eigenvalue weighted by molar-refractivity contribution is 8.01. The number of thioether (sulfide) groups is 1. The molecule has 0 spiro atoms. The number of aromatic nitrogens is 3. The summed E-state index contributed by atoms with van der Waals surface area (Å²) in [6.07, 6.45) is 3.55. The highest BCUT2D eigenvalue weighted by Gasteiger charge is 2.12. The zero-order chi connectivity index (χ0) is 10.5. The highest BCUT2D eigenvalue weighted by Crippen LogP contribution is 2.34. The monoisotopic (exact) mass is 238 g/mol. The van der Waals surface area contributed by atoms with E-state index in [0.717, 1.165) is 4.34 Å². The van der Waals surface area contributed by atoms with E-state index < -0.39 is 0 Å². The maximum absolute atomic E-state index is 5.74. The predicted molar refractivity (Wildman–Crippen MR) is 61.8 cm³/mol. The van der Waals surface area contributed by atoms with E-state index in [1.807, 2.05) is 12.1 Å². The fourth-order valence-electron chi connectivity index (χ4n) is 1.17. The van der Waals surface area contributed by atoms with Crippen molar-refractivity contribution in [1.29, 1.82) is 0 Å². The van der Waals surface area contributed by atoms with E-state index in [9.17, 15) is 0 Å². The van der Waals surface area contributed by atoms with Gasteiger partial charge in [0, 0.05) is 24.2 Å². The minimum atomic E-state index is 0.223. The molecule has 0 saturated heterocycles. The van der Waals surface area contributed by atoms with Crippen LogP contribution in [0.1, 0.15) is 10.8 Å². The SMILES string of the molecule is NCC(Sc1nncs1)c1ccncc1.